The number of carbonyl (C=O) groups is 1. The Hall–Kier alpha value is -2.63. The van der Waals surface area contributed by atoms with Crippen molar-refractivity contribution in [2.45, 2.75) is 52.4 Å². The number of rotatable bonds is 5. The Morgan fingerprint density at radius 2 is 1.78 bits per heavy atom. The topological polar surface area (TPSA) is 59.0 Å². The second-order valence-electron chi connectivity index (χ2n) is 8.90. The number of hydrogen-bond donors (Lipinski definition) is 2. The Labute approximate surface area is 197 Å². The normalized spacial score (nSPS) is 14.3. The molecular formula is C26H33ClN4O. The highest BCUT2D eigenvalue weighted by Gasteiger charge is 2.27. The second kappa shape index (κ2) is 10.3. The van der Waals surface area contributed by atoms with Gasteiger partial charge in [-0.15, -0.1) is 12.4 Å². The van der Waals surface area contributed by atoms with Crippen LogP contribution in [-0.4, -0.2) is 28.8 Å². The molecule has 0 atom stereocenters. The fourth-order valence-corrected chi connectivity index (χ4v) is 4.29. The van der Waals surface area contributed by atoms with E-state index in [-0.39, 0.29) is 18.3 Å². The summed E-state index contributed by atoms with van der Waals surface area (Å²) in [6.45, 7) is 10.4. The molecule has 0 aliphatic carbocycles. The number of piperidine rings is 1. The highest BCUT2D eigenvalue weighted by molar-refractivity contribution is 6.05. The molecule has 2 N–H and O–H groups in total. The van der Waals surface area contributed by atoms with Crippen LogP contribution in [0.4, 0.5) is 5.69 Å². The van der Waals surface area contributed by atoms with E-state index in [9.17, 15) is 4.79 Å². The molecule has 6 heteroatoms. The quantitative estimate of drug-likeness (QED) is 0.517. The zero-order chi connectivity index (χ0) is 22.0. The minimum atomic E-state index is -0.0905. The van der Waals surface area contributed by atoms with E-state index in [1.54, 1.807) is 6.20 Å². The highest BCUT2D eigenvalue weighted by Crippen LogP contribution is 2.31. The van der Waals surface area contributed by atoms with Crippen molar-refractivity contribution in [3.63, 3.8) is 0 Å². The van der Waals surface area contributed by atoms with Gasteiger partial charge < -0.3 is 10.6 Å². The molecule has 4 rings (SSSR count). The van der Waals surface area contributed by atoms with E-state index in [2.05, 4.69) is 59.9 Å². The van der Waals surface area contributed by atoms with Gasteiger partial charge in [0.15, 0.2) is 0 Å². The Balaban J connectivity index is 0.00000289. The fraction of sp³-hybridized carbons (Fsp3) is 0.385. The monoisotopic (exact) mass is 452 g/mol. The molecule has 0 spiro atoms. The van der Waals surface area contributed by atoms with Crippen LogP contribution in [0.25, 0.3) is 5.69 Å². The Kier molecular flexibility index (Phi) is 7.75. The van der Waals surface area contributed by atoms with E-state index in [1.165, 1.54) is 5.56 Å². The molecule has 3 aromatic rings. The SMILES string of the molecule is Cc1ccc(C)c(NC(=O)c2cnn(-c3ccc(C(C)C)cc3)c2C2CCNCC2)c1.Cl. The van der Waals surface area contributed by atoms with Crippen LogP contribution in [0.15, 0.2) is 48.7 Å². The van der Waals surface area contributed by atoms with Crippen LogP contribution in [0.1, 0.15) is 71.3 Å². The molecule has 0 unspecified atom stereocenters. The summed E-state index contributed by atoms with van der Waals surface area (Å²) in [5.74, 6) is 0.689. The van der Waals surface area contributed by atoms with Gasteiger partial charge in [0.25, 0.3) is 5.91 Å². The van der Waals surface area contributed by atoms with Crippen molar-refractivity contribution in [3.05, 3.63) is 76.6 Å². The average molecular weight is 453 g/mol. The van der Waals surface area contributed by atoms with Gasteiger partial charge in [-0.25, -0.2) is 4.68 Å². The van der Waals surface area contributed by atoms with Crippen LogP contribution >= 0.6 is 12.4 Å². The van der Waals surface area contributed by atoms with Gasteiger partial charge in [-0.2, -0.15) is 5.10 Å². The lowest BCUT2D eigenvalue weighted by atomic mass is 9.91. The number of benzene rings is 2. The van der Waals surface area contributed by atoms with E-state index in [4.69, 9.17) is 0 Å². The molecule has 1 aromatic heterocycles. The van der Waals surface area contributed by atoms with Crippen LogP contribution in [0, 0.1) is 13.8 Å². The van der Waals surface area contributed by atoms with Crippen molar-refractivity contribution in [3.8, 4) is 5.69 Å². The summed E-state index contributed by atoms with van der Waals surface area (Å²) in [5.41, 5.74) is 7.02. The van der Waals surface area contributed by atoms with Crippen molar-refractivity contribution in [1.82, 2.24) is 15.1 Å². The zero-order valence-corrected chi connectivity index (χ0v) is 20.1. The number of nitrogens with one attached hydrogen (secondary N) is 2. The van der Waals surface area contributed by atoms with Gasteiger partial charge >= 0.3 is 0 Å². The maximum absolute atomic E-state index is 13.3. The molecule has 1 aliphatic heterocycles. The summed E-state index contributed by atoms with van der Waals surface area (Å²) in [5, 5.41) is 11.2. The summed E-state index contributed by atoms with van der Waals surface area (Å²) in [6.07, 6.45) is 3.73. The van der Waals surface area contributed by atoms with Crippen LogP contribution < -0.4 is 10.6 Å². The predicted molar refractivity (Wildman–Crippen MR) is 134 cm³/mol. The van der Waals surface area contributed by atoms with Gasteiger partial charge in [0.05, 0.1) is 23.1 Å². The number of hydrogen-bond acceptors (Lipinski definition) is 3. The number of anilines is 1. The van der Waals surface area contributed by atoms with E-state index >= 15 is 0 Å². The number of amides is 1. The lowest BCUT2D eigenvalue weighted by molar-refractivity contribution is 0.102. The summed E-state index contributed by atoms with van der Waals surface area (Å²) < 4.78 is 1.97. The smallest absolute Gasteiger partial charge is 0.259 e. The molecule has 2 aromatic carbocycles. The number of carbonyl (C=O) groups excluding carboxylic acids is 1. The maximum Gasteiger partial charge on any atom is 0.259 e. The maximum atomic E-state index is 13.3. The molecule has 170 valence electrons. The molecule has 2 heterocycles. The summed E-state index contributed by atoms with van der Waals surface area (Å²) in [4.78, 5) is 13.3. The third kappa shape index (κ3) is 5.05. The number of nitrogens with zero attached hydrogens (tertiary/aromatic N) is 2. The molecule has 1 aliphatic rings. The molecule has 0 bridgehead atoms. The average Bonchev–Trinajstić information content (AvgIpc) is 3.22. The number of aromatic nitrogens is 2. The second-order valence-corrected chi connectivity index (χ2v) is 8.90. The number of aryl methyl sites for hydroxylation is 2. The Bertz CT molecular complexity index is 1070. The molecule has 1 fully saturated rings. The third-order valence-electron chi connectivity index (χ3n) is 6.22. The van der Waals surface area contributed by atoms with Crippen molar-refractivity contribution in [2.24, 2.45) is 0 Å². The van der Waals surface area contributed by atoms with Gasteiger partial charge in [-0.1, -0.05) is 38.1 Å². The van der Waals surface area contributed by atoms with Gasteiger partial charge in [-0.3, -0.25) is 4.79 Å². The van der Waals surface area contributed by atoms with Crippen molar-refractivity contribution >= 4 is 24.0 Å². The van der Waals surface area contributed by atoms with E-state index in [0.29, 0.717) is 17.4 Å². The standard InChI is InChI=1S/C26H32N4O.ClH/c1-17(2)20-7-9-22(10-8-20)30-25(21-11-13-27-14-12-21)23(16-28-30)26(31)29-24-15-18(3)5-6-19(24)4;/h5-10,15-17,21,27H,11-14H2,1-4H3,(H,29,31);1H. The summed E-state index contributed by atoms with van der Waals surface area (Å²) in [7, 11) is 0. The van der Waals surface area contributed by atoms with Crippen molar-refractivity contribution in [2.75, 3.05) is 18.4 Å². The van der Waals surface area contributed by atoms with Crippen LogP contribution in [0.3, 0.4) is 0 Å². The number of halogens is 1. The first-order valence-electron chi connectivity index (χ1n) is 11.2. The first-order chi connectivity index (χ1) is 14.9. The zero-order valence-electron chi connectivity index (χ0n) is 19.3. The molecule has 32 heavy (non-hydrogen) atoms. The lowest BCUT2D eigenvalue weighted by Gasteiger charge is -2.25. The molecule has 1 amide bonds. The first-order valence-corrected chi connectivity index (χ1v) is 11.2. The van der Waals surface area contributed by atoms with Gasteiger partial charge in [0.2, 0.25) is 0 Å². The van der Waals surface area contributed by atoms with Crippen LogP contribution in [0.5, 0.6) is 0 Å². The first kappa shape index (κ1) is 24.0. The van der Waals surface area contributed by atoms with E-state index < -0.39 is 0 Å². The molecular weight excluding hydrogens is 420 g/mol. The largest absolute Gasteiger partial charge is 0.322 e. The summed E-state index contributed by atoms with van der Waals surface area (Å²) in [6, 6.07) is 14.7. The van der Waals surface area contributed by atoms with E-state index in [0.717, 1.165) is 54.1 Å². The minimum absolute atomic E-state index is 0. The van der Waals surface area contributed by atoms with E-state index in [1.807, 2.05) is 30.7 Å². The molecule has 5 nitrogen and oxygen atoms in total. The molecule has 0 saturated carbocycles. The van der Waals surface area contributed by atoms with Gasteiger partial charge in [0.1, 0.15) is 0 Å². The van der Waals surface area contributed by atoms with Crippen molar-refractivity contribution < 1.29 is 4.79 Å². The summed E-state index contributed by atoms with van der Waals surface area (Å²) >= 11 is 0. The minimum Gasteiger partial charge on any atom is -0.322 e. The van der Waals surface area contributed by atoms with Gasteiger partial charge in [-0.05, 0) is 80.6 Å². The predicted octanol–water partition coefficient (Wildman–Crippen LogP) is 5.75. The molecule has 0 radical (unpaired) electrons. The Morgan fingerprint density at radius 1 is 1.09 bits per heavy atom. The molecule has 1 saturated heterocycles. The van der Waals surface area contributed by atoms with Crippen LogP contribution in [0.2, 0.25) is 0 Å². The van der Waals surface area contributed by atoms with Crippen LogP contribution in [-0.2, 0) is 0 Å². The fourth-order valence-electron chi connectivity index (χ4n) is 4.29. The van der Waals surface area contributed by atoms with Gasteiger partial charge in [0, 0.05) is 11.6 Å². The third-order valence-corrected chi connectivity index (χ3v) is 6.22. The lowest BCUT2D eigenvalue weighted by Crippen LogP contribution is -2.29. The van der Waals surface area contributed by atoms with Crippen molar-refractivity contribution in [1.29, 1.82) is 0 Å². The Morgan fingerprint density at radius 3 is 2.44 bits per heavy atom. The highest BCUT2D eigenvalue weighted by atomic mass is 35.5.